The Hall–Kier alpha value is -2.29. The molecule has 0 aromatic heterocycles. The van der Waals surface area contributed by atoms with Crippen LogP contribution >= 0.6 is 0 Å². The zero-order valence-corrected chi connectivity index (χ0v) is 12.3. The monoisotopic (exact) mass is 280 g/mol. The maximum absolute atomic E-state index is 12.4. The number of hydrogen-bond acceptors (Lipinski definition) is 2. The largest absolute Gasteiger partial charge is 0.288 e. The van der Waals surface area contributed by atoms with E-state index in [0.29, 0.717) is 0 Å². The van der Waals surface area contributed by atoms with Crippen LogP contribution in [0.3, 0.4) is 0 Å². The number of carbonyl (C=O) groups excluding carboxylic acids is 1. The molecule has 3 rings (SSSR count). The molecule has 0 unspecified atom stereocenters. The van der Waals surface area contributed by atoms with Gasteiger partial charge in [-0.2, -0.15) is 0 Å². The van der Waals surface area contributed by atoms with Crippen LogP contribution < -0.4 is 10.4 Å². The van der Waals surface area contributed by atoms with E-state index in [1.807, 2.05) is 49.5 Å². The Kier molecular flexibility index (Phi) is 3.91. The topological polar surface area (TPSA) is 32.3 Å². The molecule has 3 nitrogen and oxygen atoms in total. The third kappa shape index (κ3) is 3.07. The minimum Gasteiger partial charge on any atom is -0.288 e. The summed E-state index contributed by atoms with van der Waals surface area (Å²) in [6, 6.07) is 15.9. The summed E-state index contributed by atoms with van der Waals surface area (Å²) in [6.45, 7) is 0. The smallest absolute Gasteiger partial charge is 0.269 e. The van der Waals surface area contributed by atoms with Gasteiger partial charge in [0, 0.05) is 12.6 Å². The Morgan fingerprint density at radius 1 is 1.00 bits per heavy atom. The standard InChI is InChI=1S/C18H20N2O/c1-20(17-9-3-2-4-10-17)19-18(21)16-12-11-14-7-5-6-8-15(14)13-16/h2-4,9-13H,5-8H2,1H3,(H,19,21). The zero-order chi connectivity index (χ0) is 14.7. The predicted octanol–water partition coefficient (Wildman–Crippen LogP) is 3.35. The van der Waals surface area contributed by atoms with E-state index in [1.165, 1.54) is 24.0 Å². The van der Waals surface area contributed by atoms with E-state index >= 15 is 0 Å². The Morgan fingerprint density at radius 2 is 1.71 bits per heavy atom. The van der Waals surface area contributed by atoms with E-state index in [1.54, 1.807) is 5.01 Å². The fraction of sp³-hybridized carbons (Fsp3) is 0.278. The molecule has 0 aliphatic heterocycles. The predicted molar refractivity (Wildman–Crippen MR) is 85.4 cm³/mol. The number of anilines is 1. The fourth-order valence-electron chi connectivity index (χ4n) is 2.81. The van der Waals surface area contributed by atoms with Crippen molar-refractivity contribution in [2.75, 3.05) is 12.1 Å². The van der Waals surface area contributed by atoms with Gasteiger partial charge in [0.15, 0.2) is 0 Å². The van der Waals surface area contributed by atoms with Crippen molar-refractivity contribution in [2.45, 2.75) is 25.7 Å². The van der Waals surface area contributed by atoms with Crippen molar-refractivity contribution in [1.29, 1.82) is 0 Å². The van der Waals surface area contributed by atoms with Gasteiger partial charge in [0.05, 0.1) is 5.69 Å². The molecule has 2 aromatic carbocycles. The van der Waals surface area contributed by atoms with Crippen LogP contribution in [0.1, 0.15) is 34.3 Å². The number of para-hydroxylation sites is 1. The Morgan fingerprint density at radius 3 is 2.48 bits per heavy atom. The van der Waals surface area contributed by atoms with Crippen molar-refractivity contribution < 1.29 is 4.79 Å². The lowest BCUT2D eigenvalue weighted by Crippen LogP contribution is -2.39. The highest BCUT2D eigenvalue weighted by Gasteiger charge is 2.13. The highest BCUT2D eigenvalue weighted by Crippen LogP contribution is 2.22. The molecule has 0 radical (unpaired) electrons. The van der Waals surface area contributed by atoms with Gasteiger partial charge in [0.25, 0.3) is 5.91 Å². The molecule has 1 aliphatic carbocycles. The van der Waals surface area contributed by atoms with Crippen molar-refractivity contribution in [1.82, 2.24) is 5.43 Å². The Bertz CT molecular complexity index is 637. The number of amides is 1. The first kappa shape index (κ1) is 13.7. The summed E-state index contributed by atoms with van der Waals surface area (Å²) in [7, 11) is 1.85. The Balaban J connectivity index is 1.73. The van der Waals surface area contributed by atoms with Crippen LogP contribution in [-0.4, -0.2) is 13.0 Å². The van der Waals surface area contributed by atoms with Gasteiger partial charge in [-0.1, -0.05) is 24.3 Å². The SMILES string of the molecule is CN(NC(=O)c1ccc2c(c1)CCCC2)c1ccccc1. The molecule has 0 saturated carbocycles. The first-order chi connectivity index (χ1) is 10.2. The molecule has 0 fully saturated rings. The van der Waals surface area contributed by atoms with E-state index in [0.717, 1.165) is 24.1 Å². The molecule has 1 N–H and O–H groups in total. The zero-order valence-electron chi connectivity index (χ0n) is 12.3. The molecule has 3 heteroatoms. The van der Waals surface area contributed by atoms with Crippen molar-refractivity contribution in [2.24, 2.45) is 0 Å². The van der Waals surface area contributed by atoms with Crippen LogP contribution in [0.4, 0.5) is 5.69 Å². The highest BCUT2D eigenvalue weighted by molar-refractivity contribution is 5.95. The minimum absolute atomic E-state index is 0.0604. The number of nitrogens with one attached hydrogen (secondary N) is 1. The molecule has 0 saturated heterocycles. The highest BCUT2D eigenvalue weighted by atomic mass is 16.2. The van der Waals surface area contributed by atoms with Crippen LogP contribution in [-0.2, 0) is 12.8 Å². The minimum atomic E-state index is -0.0604. The summed E-state index contributed by atoms with van der Waals surface area (Å²) in [5.74, 6) is -0.0604. The number of nitrogens with zero attached hydrogens (tertiary/aromatic N) is 1. The number of hydrazine groups is 1. The number of benzene rings is 2. The second kappa shape index (κ2) is 6.00. The Labute approximate surface area is 125 Å². The second-order valence-electron chi connectivity index (χ2n) is 5.53. The first-order valence-corrected chi connectivity index (χ1v) is 7.45. The molecule has 0 atom stereocenters. The van der Waals surface area contributed by atoms with Gasteiger partial charge in [-0.15, -0.1) is 0 Å². The van der Waals surface area contributed by atoms with Gasteiger partial charge in [-0.05, 0) is 61.1 Å². The number of hydrogen-bond donors (Lipinski definition) is 1. The lowest BCUT2D eigenvalue weighted by atomic mass is 9.90. The van der Waals surface area contributed by atoms with E-state index < -0.39 is 0 Å². The van der Waals surface area contributed by atoms with Crippen LogP contribution in [0.2, 0.25) is 0 Å². The van der Waals surface area contributed by atoms with E-state index in [9.17, 15) is 4.79 Å². The van der Waals surface area contributed by atoms with E-state index in [2.05, 4.69) is 11.5 Å². The normalized spacial score (nSPS) is 13.4. The summed E-state index contributed by atoms with van der Waals surface area (Å²) in [4.78, 5) is 12.4. The van der Waals surface area contributed by atoms with Gasteiger partial charge >= 0.3 is 0 Å². The molecule has 2 aromatic rings. The molecule has 108 valence electrons. The molecular weight excluding hydrogens is 260 g/mol. The summed E-state index contributed by atoms with van der Waals surface area (Å²) in [6.07, 6.45) is 4.71. The lowest BCUT2D eigenvalue weighted by molar-refractivity contribution is 0.0951. The fourth-order valence-corrected chi connectivity index (χ4v) is 2.81. The summed E-state index contributed by atoms with van der Waals surface area (Å²) >= 11 is 0. The average molecular weight is 280 g/mol. The van der Waals surface area contributed by atoms with Gasteiger partial charge < -0.3 is 0 Å². The van der Waals surface area contributed by atoms with Crippen molar-refractivity contribution in [3.8, 4) is 0 Å². The molecule has 1 amide bonds. The summed E-state index contributed by atoms with van der Waals surface area (Å²) in [5, 5.41) is 1.75. The molecular formula is C18H20N2O. The van der Waals surface area contributed by atoms with Crippen LogP contribution in [0.15, 0.2) is 48.5 Å². The van der Waals surface area contributed by atoms with Crippen molar-refractivity contribution in [3.63, 3.8) is 0 Å². The number of fused-ring (bicyclic) bond motifs is 1. The molecule has 0 spiro atoms. The molecule has 0 bridgehead atoms. The van der Waals surface area contributed by atoms with E-state index in [4.69, 9.17) is 0 Å². The number of aryl methyl sites for hydroxylation is 2. The summed E-state index contributed by atoms with van der Waals surface area (Å²) in [5.41, 5.74) is 7.34. The third-order valence-electron chi connectivity index (χ3n) is 4.02. The molecule has 1 aliphatic rings. The summed E-state index contributed by atoms with van der Waals surface area (Å²) < 4.78 is 0. The van der Waals surface area contributed by atoms with Crippen LogP contribution in [0, 0.1) is 0 Å². The van der Waals surface area contributed by atoms with Gasteiger partial charge in [-0.25, -0.2) is 0 Å². The van der Waals surface area contributed by atoms with Crippen molar-refractivity contribution >= 4 is 11.6 Å². The average Bonchev–Trinajstić information content (AvgIpc) is 2.55. The van der Waals surface area contributed by atoms with Gasteiger partial charge in [0.2, 0.25) is 0 Å². The van der Waals surface area contributed by atoms with Crippen LogP contribution in [0.25, 0.3) is 0 Å². The maximum Gasteiger partial charge on any atom is 0.269 e. The molecule has 21 heavy (non-hydrogen) atoms. The first-order valence-electron chi connectivity index (χ1n) is 7.45. The maximum atomic E-state index is 12.4. The van der Waals surface area contributed by atoms with Gasteiger partial charge in [0.1, 0.15) is 0 Å². The third-order valence-corrected chi connectivity index (χ3v) is 4.02. The molecule has 0 heterocycles. The number of rotatable bonds is 3. The van der Waals surface area contributed by atoms with Gasteiger partial charge in [-0.3, -0.25) is 15.2 Å². The quantitative estimate of drug-likeness (QED) is 0.875. The second-order valence-corrected chi connectivity index (χ2v) is 5.53. The lowest BCUT2D eigenvalue weighted by Gasteiger charge is -2.21. The van der Waals surface area contributed by atoms with E-state index in [-0.39, 0.29) is 5.91 Å². The van der Waals surface area contributed by atoms with Crippen LogP contribution in [0.5, 0.6) is 0 Å². The number of carbonyl (C=O) groups is 1. The van der Waals surface area contributed by atoms with Crippen molar-refractivity contribution in [3.05, 3.63) is 65.2 Å².